The van der Waals surface area contributed by atoms with Gasteiger partial charge in [0.15, 0.2) is 0 Å². The van der Waals surface area contributed by atoms with Crippen LogP contribution >= 0.6 is 11.8 Å². The highest BCUT2D eigenvalue weighted by atomic mass is 32.2. The fraction of sp³-hybridized carbons (Fsp3) is 0.536. The van der Waals surface area contributed by atoms with Crippen LogP contribution in [0.3, 0.4) is 0 Å². The maximum atomic E-state index is 11.3. The predicted molar refractivity (Wildman–Crippen MR) is 146 cm³/mol. The molecule has 0 aliphatic carbocycles. The zero-order valence-electron chi connectivity index (χ0n) is 21.8. The van der Waals surface area contributed by atoms with E-state index in [2.05, 4.69) is 14.9 Å². The molecule has 3 heterocycles. The molecule has 0 radical (unpaired) electrons. The Morgan fingerprint density at radius 1 is 1.27 bits per heavy atom. The molecule has 8 nitrogen and oxygen atoms in total. The molecule has 1 saturated heterocycles. The van der Waals surface area contributed by atoms with Gasteiger partial charge in [-0.2, -0.15) is 0 Å². The lowest BCUT2D eigenvalue weighted by atomic mass is 9.79. The number of nitrogens with zero attached hydrogens (tertiary/aromatic N) is 4. The van der Waals surface area contributed by atoms with E-state index in [-0.39, 0.29) is 6.42 Å². The number of hydrogen-bond donors (Lipinski definition) is 2. The molecular formula is C28H38N4O4S. The Kier molecular flexibility index (Phi) is 9.82. The third kappa shape index (κ3) is 7.46. The van der Waals surface area contributed by atoms with Gasteiger partial charge in [-0.05, 0) is 86.9 Å². The van der Waals surface area contributed by atoms with Crippen LogP contribution in [0, 0.1) is 11.8 Å². The van der Waals surface area contributed by atoms with E-state index in [1.165, 1.54) is 5.03 Å². The van der Waals surface area contributed by atoms with Crippen molar-refractivity contribution in [3.8, 4) is 5.75 Å². The van der Waals surface area contributed by atoms with Gasteiger partial charge in [-0.15, -0.1) is 11.8 Å². The first-order valence-corrected chi connectivity index (χ1v) is 14.1. The molecule has 2 N–H and O–H groups in total. The second-order valence-electron chi connectivity index (χ2n) is 9.96. The first-order valence-electron chi connectivity index (χ1n) is 13.1. The third-order valence-electron chi connectivity index (χ3n) is 7.50. The summed E-state index contributed by atoms with van der Waals surface area (Å²) in [5, 5.41) is 22.5. The zero-order chi connectivity index (χ0) is 26.2. The summed E-state index contributed by atoms with van der Waals surface area (Å²) < 4.78 is 7.41. The number of aryl methyl sites for hydroxylation is 1. The van der Waals surface area contributed by atoms with Gasteiger partial charge in [-0.25, -0.2) is 4.98 Å². The quantitative estimate of drug-likeness (QED) is 0.243. The maximum absolute atomic E-state index is 11.3. The molecular weight excluding hydrogens is 488 g/mol. The minimum absolute atomic E-state index is 0.197. The second kappa shape index (κ2) is 13.3. The van der Waals surface area contributed by atoms with Crippen LogP contribution in [0.5, 0.6) is 5.75 Å². The van der Waals surface area contributed by atoms with Crippen molar-refractivity contribution in [2.75, 3.05) is 32.5 Å². The predicted octanol–water partition coefficient (Wildman–Crippen LogP) is 4.78. The highest BCUT2D eigenvalue weighted by Gasteiger charge is 2.30. The molecule has 2 aromatic heterocycles. The zero-order valence-corrected chi connectivity index (χ0v) is 22.6. The number of hydrogen-bond acceptors (Lipinski definition) is 7. The van der Waals surface area contributed by atoms with Gasteiger partial charge in [0.2, 0.25) is 0 Å². The van der Waals surface area contributed by atoms with Gasteiger partial charge in [0.05, 0.1) is 36.3 Å². The Hall–Kier alpha value is -2.62. The summed E-state index contributed by atoms with van der Waals surface area (Å²) >= 11 is 1.83. The van der Waals surface area contributed by atoms with Crippen LogP contribution in [0.15, 0.2) is 48.0 Å². The molecule has 3 aromatic rings. The van der Waals surface area contributed by atoms with Gasteiger partial charge >= 0.3 is 5.97 Å². The van der Waals surface area contributed by atoms with Crippen molar-refractivity contribution in [2.24, 2.45) is 18.9 Å². The molecule has 200 valence electrons. The largest absolute Gasteiger partial charge is 0.497 e. The second-order valence-corrected chi connectivity index (χ2v) is 11.1. The normalized spacial score (nSPS) is 19.2. The standard InChI is InChI=1S/C28H38N4O4S/c1-31-19-29-17-27(31)37-15-3-13-32-14-11-20(21(18-32)5-9-28(34)35)4-8-26(33)23-10-12-30-25-7-6-22(36-2)16-24(23)25/h6-7,10,12,16-17,19-21,26,33H,3-5,8-9,11,13-15,18H2,1-2H3,(H,34,35)/t20?,21?,26-/m0/s1. The van der Waals surface area contributed by atoms with Crippen molar-refractivity contribution < 1.29 is 19.7 Å². The van der Waals surface area contributed by atoms with E-state index in [0.29, 0.717) is 24.7 Å². The Balaban J connectivity index is 1.32. The number of aromatic nitrogens is 3. The number of piperidine rings is 1. The summed E-state index contributed by atoms with van der Waals surface area (Å²) in [6, 6.07) is 7.61. The van der Waals surface area contributed by atoms with Gasteiger partial charge in [-0.1, -0.05) is 0 Å². The number of methoxy groups -OCH3 is 1. The lowest BCUT2D eigenvalue weighted by molar-refractivity contribution is -0.137. The number of rotatable bonds is 13. The summed E-state index contributed by atoms with van der Waals surface area (Å²) in [7, 11) is 3.65. The third-order valence-corrected chi connectivity index (χ3v) is 8.68. The first kappa shape index (κ1) is 27.4. The van der Waals surface area contributed by atoms with Crippen molar-refractivity contribution in [2.45, 2.75) is 49.7 Å². The maximum Gasteiger partial charge on any atom is 0.303 e. The van der Waals surface area contributed by atoms with E-state index in [0.717, 1.165) is 66.9 Å². The summed E-state index contributed by atoms with van der Waals surface area (Å²) in [5.41, 5.74) is 1.71. The number of aliphatic carboxylic acids is 1. The number of ether oxygens (including phenoxy) is 1. The molecule has 37 heavy (non-hydrogen) atoms. The summed E-state index contributed by atoms with van der Waals surface area (Å²) in [5.74, 6) is 1.79. The fourth-order valence-electron chi connectivity index (χ4n) is 5.42. The molecule has 1 aliphatic rings. The molecule has 0 spiro atoms. The number of thioether (sulfide) groups is 1. The molecule has 2 unspecified atom stereocenters. The van der Waals surface area contributed by atoms with Crippen LogP contribution in [0.25, 0.3) is 10.9 Å². The number of carboxylic acids is 1. The molecule has 9 heteroatoms. The van der Waals surface area contributed by atoms with E-state index in [4.69, 9.17) is 4.74 Å². The lowest BCUT2D eigenvalue weighted by Gasteiger charge is -2.39. The number of likely N-dealkylation sites (tertiary alicyclic amines) is 1. The van der Waals surface area contributed by atoms with Crippen LogP contribution in [0.2, 0.25) is 0 Å². The Bertz CT molecular complexity index is 1170. The lowest BCUT2D eigenvalue weighted by Crippen LogP contribution is -2.41. The topological polar surface area (TPSA) is 101 Å². The molecule has 3 atom stereocenters. The molecule has 1 fully saturated rings. The molecule has 0 saturated carbocycles. The van der Waals surface area contributed by atoms with E-state index in [1.54, 1.807) is 13.3 Å². The monoisotopic (exact) mass is 526 g/mol. The molecule has 0 amide bonds. The molecule has 0 bridgehead atoms. The van der Waals surface area contributed by atoms with Gasteiger partial charge < -0.3 is 24.4 Å². The number of carboxylic acid groups (broad SMARTS) is 1. The van der Waals surface area contributed by atoms with Crippen LogP contribution in [-0.2, 0) is 11.8 Å². The van der Waals surface area contributed by atoms with Crippen LogP contribution in [0.4, 0.5) is 0 Å². The van der Waals surface area contributed by atoms with Crippen LogP contribution in [0.1, 0.15) is 50.2 Å². The Labute approximate surface area is 223 Å². The average Bonchev–Trinajstić information content (AvgIpc) is 3.32. The minimum Gasteiger partial charge on any atom is -0.497 e. The van der Waals surface area contributed by atoms with Crippen molar-refractivity contribution in [1.82, 2.24) is 19.4 Å². The first-order chi connectivity index (χ1) is 17.9. The average molecular weight is 527 g/mol. The highest BCUT2D eigenvalue weighted by molar-refractivity contribution is 7.99. The fourth-order valence-corrected chi connectivity index (χ4v) is 6.28. The minimum atomic E-state index is -0.735. The number of pyridine rings is 1. The number of aliphatic hydroxyl groups is 1. The smallest absolute Gasteiger partial charge is 0.303 e. The van der Waals surface area contributed by atoms with Crippen molar-refractivity contribution in [3.05, 3.63) is 48.5 Å². The SMILES string of the molecule is COc1ccc2nccc([C@@H](O)CCC3CCN(CCCSc4cncn4C)CC3CCC(=O)O)c2c1. The number of benzene rings is 1. The number of carbonyl (C=O) groups is 1. The van der Waals surface area contributed by atoms with E-state index < -0.39 is 12.1 Å². The van der Waals surface area contributed by atoms with Crippen molar-refractivity contribution in [1.29, 1.82) is 0 Å². The molecule has 1 aromatic carbocycles. The number of imidazole rings is 1. The summed E-state index contributed by atoms with van der Waals surface area (Å²) in [4.78, 5) is 22.4. The van der Waals surface area contributed by atoms with Crippen LogP contribution < -0.4 is 4.74 Å². The van der Waals surface area contributed by atoms with Gasteiger partial charge in [0.1, 0.15) is 5.75 Å². The number of fused-ring (bicyclic) bond motifs is 1. The van der Waals surface area contributed by atoms with Gasteiger partial charge in [-0.3, -0.25) is 9.78 Å². The molecule has 4 rings (SSSR count). The van der Waals surface area contributed by atoms with Crippen molar-refractivity contribution in [3.63, 3.8) is 0 Å². The number of aliphatic hydroxyl groups excluding tert-OH is 1. The Morgan fingerprint density at radius 2 is 2.14 bits per heavy atom. The summed E-state index contributed by atoms with van der Waals surface area (Å²) in [6.07, 6.45) is 9.40. The Morgan fingerprint density at radius 3 is 2.89 bits per heavy atom. The summed E-state index contributed by atoms with van der Waals surface area (Å²) in [6.45, 7) is 2.98. The van der Waals surface area contributed by atoms with E-state index in [1.807, 2.05) is 60.2 Å². The molecule has 1 aliphatic heterocycles. The van der Waals surface area contributed by atoms with Crippen molar-refractivity contribution >= 4 is 28.6 Å². The van der Waals surface area contributed by atoms with E-state index in [9.17, 15) is 15.0 Å². The van der Waals surface area contributed by atoms with Gasteiger partial charge in [0.25, 0.3) is 0 Å². The highest BCUT2D eigenvalue weighted by Crippen LogP contribution is 2.35. The van der Waals surface area contributed by atoms with Crippen LogP contribution in [-0.4, -0.2) is 68.1 Å². The van der Waals surface area contributed by atoms with Gasteiger partial charge in [0, 0.05) is 37.3 Å². The van der Waals surface area contributed by atoms with E-state index >= 15 is 0 Å².